The number of benzene rings is 2. The highest BCUT2D eigenvalue weighted by atomic mass is 35.5. The SMILES string of the molecule is N#Cc1c(-c2c(F)cccc2Cl)noc1/C(C=N)=C(/[NH2+]c1cccc(Cl)c1)C(F)(F)F. The van der Waals surface area contributed by atoms with Gasteiger partial charge in [0.15, 0.2) is 5.76 Å². The molecule has 0 bridgehead atoms. The van der Waals surface area contributed by atoms with E-state index in [0.717, 1.165) is 11.4 Å². The van der Waals surface area contributed by atoms with Crippen molar-refractivity contribution in [2.45, 2.75) is 6.18 Å². The number of hydrogen-bond donors (Lipinski definition) is 2. The van der Waals surface area contributed by atoms with Crippen LogP contribution in [0.1, 0.15) is 11.3 Å². The van der Waals surface area contributed by atoms with Crippen molar-refractivity contribution in [1.82, 2.24) is 5.16 Å². The fraction of sp³-hybridized carbons (Fsp3) is 0.0500. The smallest absolute Gasteiger partial charge is 0.354 e. The molecule has 0 saturated heterocycles. The molecule has 3 N–H and O–H groups in total. The lowest BCUT2D eigenvalue weighted by atomic mass is 10.0. The summed E-state index contributed by atoms with van der Waals surface area (Å²) < 4.78 is 60.9. The van der Waals surface area contributed by atoms with Gasteiger partial charge in [-0.25, -0.2) is 4.39 Å². The second kappa shape index (κ2) is 8.89. The van der Waals surface area contributed by atoms with Crippen LogP contribution in [-0.4, -0.2) is 17.5 Å². The van der Waals surface area contributed by atoms with E-state index in [4.69, 9.17) is 33.1 Å². The van der Waals surface area contributed by atoms with Crippen molar-refractivity contribution in [3.8, 4) is 17.3 Å². The molecule has 31 heavy (non-hydrogen) atoms. The van der Waals surface area contributed by atoms with Crippen molar-refractivity contribution < 1.29 is 27.4 Å². The molecule has 0 aliphatic rings. The summed E-state index contributed by atoms with van der Waals surface area (Å²) in [5, 5.41) is 21.5. The highest BCUT2D eigenvalue weighted by Gasteiger charge is 2.43. The van der Waals surface area contributed by atoms with Gasteiger partial charge in [0.1, 0.15) is 34.4 Å². The molecule has 0 amide bonds. The summed E-state index contributed by atoms with van der Waals surface area (Å²) >= 11 is 11.8. The minimum Gasteiger partial charge on any atom is -0.354 e. The standard InChI is InChI=1S/C20H10Cl2F4N4O/c21-10-3-1-4-11(7-10)29-19(20(24,25)26)13(9-28)18-12(8-27)17(30-31-18)16-14(22)5-2-6-15(16)23/h1-7,9,28-29H/p+1/b19-13+,28-9?. The summed E-state index contributed by atoms with van der Waals surface area (Å²) in [6.07, 6.45) is -4.54. The third kappa shape index (κ3) is 4.61. The Balaban J connectivity index is 2.24. The highest BCUT2D eigenvalue weighted by Crippen LogP contribution is 2.36. The van der Waals surface area contributed by atoms with Crippen LogP contribution in [0.15, 0.2) is 52.7 Å². The summed E-state index contributed by atoms with van der Waals surface area (Å²) in [5.41, 5.74) is -3.10. The Labute approximate surface area is 183 Å². The van der Waals surface area contributed by atoms with E-state index in [9.17, 15) is 22.8 Å². The fourth-order valence-electron chi connectivity index (χ4n) is 2.81. The second-order valence-corrected chi connectivity index (χ2v) is 6.96. The van der Waals surface area contributed by atoms with Gasteiger partial charge in [-0.15, -0.1) is 0 Å². The summed E-state index contributed by atoms with van der Waals surface area (Å²) in [6, 6.07) is 11.0. The zero-order valence-corrected chi connectivity index (χ0v) is 16.8. The molecule has 11 heteroatoms. The zero-order valence-electron chi connectivity index (χ0n) is 15.3. The van der Waals surface area contributed by atoms with E-state index < -0.39 is 34.6 Å². The predicted molar refractivity (Wildman–Crippen MR) is 106 cm³/mol. The Morgan fingerprint density at radius 1 is 1.19 bits per heavy atom. The fourth-order valence-corrected chi connectivity index (χ4v) is 3.26. The molecule has 1 aromatic heterocycles. The first-order chi connectivity index (χ1) is 14.7. The number of nitrogens with one attached hydrogen (secondary N) is 1. The van der Waals surface area contributed by atoms with E-state index in [2.05, 4.69) is 5.16 Å². The van der Waals surface area contributed by atoms with Crippen LogP contribution < -0.4 is 5.32 Å². The predicted octanol–water partition coefficient (Wildman–Crippen LogP) is 5.48. The van der Waals surface area contributed by atoms with Crippen molar-refractivity contribution in [2.24, 2.45) is 0 Å². The van der Waals surface area contributed by atoms with Crippen LogP contribution in [-0.2, 0) is 0 Å². The van der Waals surface area contributed by atoms with Crippen molar-refractivity contribution in [3.63, 3.8) is 0 Å². The molecule has 0 fully saturated rings. The van der Waals surface area contributed by atoms with Gasteiger partial charge < -0.3 is 9.93 Å². The van der Waals surface area contributed by atoms with E-state index in [1.807, 2.05) is 0 Å². The average Bonchev–Trinajstić information content (AvgIpc) is 3.10. The van der Waals surface area contributed by atoms with Crippen molar-refractivity contribution in [3.05, 3.63) is 75.3 Å². The number of hydrogen-bond acceptors (Lipinski definition) is 4. The maximum Gasteiger partial charge on any atom is 0.468 e. The monoisotopic (exact) mass is 469 g/mol. The third-order valence-corrected chi connectivity index (χ3v) is 4.70. The molecule has 3 aromatic rings. The topological polar surface area (TPSA) is 90.3 Å². The largest absolute Gasteiger partial charge is 0.468 e. The number of alkyl halides is 3. The number of nitrogens with two attached hydrogens (primary N) is 1. The Kier molecular flexibility index (Phi) is 6.45. The van der Waals surface area contributed by atoms with Crippen molar-refractivity contribution in [2.75, 3.05) is 0 Å². The Bertz CT molecular complexity index is 1210. The van der Waals surface area contributed by atoms with Crippen molar-refractivity contribution >= 4 is 40.7 Å². The van der Waals surface area contributed by atoms with E-state index >= 15 is 0 Å². The maximum absolute atomic E-state index is 14.3. The van der Waals surface area contributed by atoms with Gasteiger partial charge in [-0.2, -0.15) is 18.4 Å². The lowest BCUT2D eigenvalue weighted by Gasteiger charge is -2.12. The van der Waals surface area contributed by atoms with Crippen LogP contribution in [0.4, 0.5) is 23.2 Å². The van der Waals surface area contributed by atoms with Gasteiger partial charge in [0.05, 0.1) is 10.6 Å². The lowest BCUT2D eigenvalue weighted by molar-refractivity contribution is -0.542. The van der Waals surface area contributed by atoms with E-state index in [-0.39, 0.29) is 27.0 Å². The van der Waals surface area contributed by atoms with E-state index in [1.165, 1.54) is 36.4 Å². The van der Waals surface area contributed by atoms with E-state index in [0.29, 0.717) is 6.21 Å². The highest BCUT2D eigenvalue weighted by molar-refractivity contribution is 6.33. The lowest BCUT2D eigenvalue weighted by Crippen LogP contribution is -2.79. The molecule has 2 aromatic carbocycles. The van der Waals surface area contributed by atoms with Crippen LogP contribution >= 0.6 is 23.2 Å². The summed E-state index contributed by atoms with van der Waals surface area (Å²) in [6.45, 7) is 0. The third-order valence-electron chi connectivity index (χ3n) is 4.15. The molecule has 0 aliphatic heterocycles. The van der Waals surface area contributed by atoms with Crippen molar-refractivity contribution in [1.29, 1.82) is 10.7 Å². The first kappa shape index (κ1) is 22.5. The van der Waals surface area contributed by atoms with Crippen LogP contribution in [0, 0.1) is 22.6 Å². The van der Waals surface area contributed by atoms with Gasteiger partial charge in [0.2, 0.25) is 5.70 Å². The quantitative estimate of drug-likeness (QED) is 0.294. The summed E-state index contributed by atoms with van der Waals surface area (Å²) in [4.78, 5) is 0. The first-order valence-corrected chi connectivity index (χ1v) is 9.19. The van der Waals surface area contributed by atoms with E-state index in [1.54, 1.807) is 6.07 Å². The van der Waals surface area contributed by atoms with Gasteiger partial charge in [0.25, 0.3) is 0 Å². The van der Waals surface area contributed by atoms with Gasteiger partial charge >= 0.3 is 6.18 Å². The van der Waals surface area contributed by atoms with Crippen LogP contribution in [0.2, 0.25) is 10.0 Å². The van der Waals surface area contributed by atoms with Crippen LogP contribution in [0.5, 0.6) is 0 Å². The van der Waals surface area contributed by atoms with Gasteiger partial charge in [-0.05, 0) is 24.3 Å². The minimum absolute atomic E-state index is 0.106. The minimum atomic E-state index is -4.93. The molecule has 5 nitrogen and oxygen atoms in total. The first-order valence-electron chi connectivity index (χ1n) is 8.44. The molecule has 0 unspecified atom stereocenters. The molecule has 1 heterocycles. The number of quaternary nitrogens is 1. The molecule has 0 radical (unpaired) electrons. The molecule has 0 aliphatic carbocycles. The summed E-state index contributed by atoms with van der Waals surface area (Å²) in [5.74, 6) is -1.48. The van der Waals surface area contributed by atoms with Gasteiger partial charge in [-0.3, -0.25) is 5.32 Å². The number of halogens is 6. The zero-order chi connectivity index (χ0) is 22.8. The Morgan fingerprint density at radius 3 is 2.48 bits per heavy atom. The van der Waals surface area contributed by atoms with Gasteiger partial charge in [0, 0.05) is 17.3 Å². The molecule has 0 spiro atoms. The number of aromatic nitrogens is 1. The molecule has 0 atom stereocenters. The number of nitriles is 1. The van der Waals surface area contributed by atoms with Gasteiger partial charge in [-0.1, -0.05) is 40.5 Å². The molecular formula is C20H11Cl2F4N4O+. The molecule has 3 rings (SSSR count). The average molecular weight is 470 g/mol. The van der Waals surface area contributed by atoms with Crippen LogP contribution in [0.3, 0.4) is 0 Å². The summed E-state index contributed by atoms with van der Waals surface area (Å²) in [7, 11) is 0. The molecule has 0 saturated carbocycles. The number of rotatable bonds is 5. The van der Waals surface area contributed by atoms with Crippen LogP contribution in [0.25, 0.3) is 16.8 Å². The Morgan fingerprint density at radius 2 is 1.90 bits per heavy atom. The number of nitrogens with zero attached hydrogens (tertiary/aromatic N) is 2. The molecular weight excluding hydrogens is 459 g/mol. The second-order valence-electron chi connectivity index (χ2n) is 6.11. The maximum atomic E-state index is 14.3. The Hall–Kier alpha value is -3.19. The molecule has 158 valence electrons. The number of allylic oxidation sites excluding steroid dienone is 2. The normalized spacial score (nSPS) is 12.3.